The van der Waals surface area contributed by atoms with Gasteiger partial charge in [0.15, 0.2) is 0 Å². The van der Waals surface area contributed by atoms with Crippen LogP contribution >= 0.6 is 15.9 Å². The van der Waals surface area contributed by atoms with Crippen LogP contribution in [0.4, 0.5) is 17.1 Å². The Morgan fingerprint density at radius 1 is 0.556 bits per heavy atom. The van der Waals surface area contributed by atoms with Gasteiger partial charge in [-0.2, -0.15) is 0 Å². The van der Waals surface area contributed by atoms with Crippen LogP contribution in [-0.2, 0) is 12.5 Å². The molecule has 0 amide bonds. The number of fused-ring (bicyclic) bond motifs is 4. The molecule has 7 aromatic rings. The second-order valence-corrected chi connectivity index (χ2v) is 13.3. The fourth-order valence-corrected chi connectivity index (χ4v) is 7.53. The van der Waals surface area contributed by atoms with Gasteiger partial charge in [0, 0.05) is 50.5 Å². The fourth-order valence-electron chi connectivity index (χ4n) is 7.27. The largest absolute Gasteiger partial charge is 0.343 e. The summed E-state index contributed by atoms with van der Waals surface area (Å²) in [6, 6.07) is 52.9. The first kappa shape index (κ1) is 27.7. The van der Waals surface area contributed by atoms with Crippen molar-refractivity contribution >= 4 is 43.9 Å². The summed E-state index contributed by atoms with van der Waals surface area (Å²) >= 11 is 3.64. The zero-order valence-electron chi connectivity index (χ0n) is 25.6. The summed E-state index contributed by atoms with van der Waals surface area (Å²) < 4.78 is 3.39. The van der Waals surface area contributed by atoms with Gasteiger partial charge in [-0.3, -0.25) is 0 Å². The molecule has 0 unspecified atom stereocenters. The van der Waals surface area contributed by atoms with Crippen molar-refractivity contribution in [2.45, 2.75) is 19.3 Å². The van der Waals surface area contributed by atoms with Crippen molar-refractivity contribution in [1.82, 2.24) is 4.57 Å². The third-order valence-corrected chi connectivity index (χ3v) is 10.0. The van der Waals surface area contributed by atoms with Gasteiger partial charge in [-0.05, 0) is 88.0 Å². The molecule has 0 saturated heterocycles. The molecule has 3 heteroatoms. The molecule has 2 nitrogen and oxygen atoms in total. The monoisotopic (exact) mass is 644 g/mol. The molecule has 0 spiro atoms. The van der Waals surface area contributed by atoms with Crippen LogP contribution in [0.5, 0.6) is 0 Å². The van der Waals surface area contributed by atoms with Crippen molar-refractivity contribution in [3.8, 4) is 33.5 Å². The molecule has 0 N–H and O–H groups in total. The van der Waals surface area contributed by atoms with Crippen LogP contribution < -0.4 is 4.90 Å². The van der Waals surface area contributed by atoms with Crippen molar-refractivity contribution in [3.63, 3.8) is 0 Å². The van der Waals surface area contributed by atoms with Gasteiger partial charge in [-0.15, -0.1) is 0 Å². The minimum Gasteiger partial charge on any atom is -0.343 e. The van der Waals surface area contributed by atoms with E-state index in [-0.39, 0.29) is 5.41 Å². The zero-order chi connectivity index (χ0) is 30.7. The molecular weight excluding hydrogens is 612 g/mol. The van der Waals surface area contributed by atoms with E-state index in [2.05, 4.69) is 192 Å². The molecule has 0 atom stereocenters. The molecule has 8 rings (SSSR count). The van der Waals surface area contributed by atoms with Gasteiger partial charge in [0.2, 0.25) is 0 Å². The number of para-hydroxylation sites is 1. The van der Waals surface area contributed by atoms with Crippen LogP contribution in [0.2, 0.25) is 0 Å². The normalized spacial score (nSPS) is 13.1. The summed E-state index contributed by atoms with van der Waals surface area (Å²) in [6.45, 7) is 4.68. The van der Waals surface area contributed by atoms with Gasteiger partial charge in [-0.1, -0.05) is 121 Å². The molecule has 0 aliphatic heterocycles. The van der Waals surface area contributed by atoms with E-state index in [1.54, 1.807) is 0 Å². The van der Waals surface area contributed by atoms with Crippen LogP contribution in [0.3, 0.4) is 0 Å². The van der Waals surface area contributed by atoms with E-state index in [1.807, 2.05) is 0 Å². The first-order chi connectivity index (χ1) is 21.9. The van der Waals surface area contributed by atoms with Crippen molar-refractivity contribution in [1.29, 1.82) is 0 Å². The summed E-state index contributed by atoms with van der Waals surface area (Å²) in [7, 11) is 2.17. The third-order valence-electron chi connectivity index (χ3n) is 9.48. The number of halogens is 1. The molecule has 0 bridgehead atoms. The molecule has 1 aliphatic carbocycles. The zero-order valence-corrected chi connectivity index (χ0v) is 27.2. The number of aromatic nitrogens is 1. The molecule has 45 heavy (non-hydrogen) atoms. The quantitative estimate of drug-likeness (QED) is 0.181. The molecule has 218 valence electrons. The topological polar surface area (TPSA) is 8.17 Å². The highest BCUT2D eigenvalue weighted by atomic mass is 79.9. The second kappa shape index (κ2) is 10.6. The SMILES string of the molecule is Cn1c(-c2ccccc2)c(-c2ccc(N(c3ccc(Br)cc3)c3ccc4c(c3)C(C)(C)c3ccccc3-4)cc2)c2ccccc21. The number of nitrogens with zero attached hydrogens (tertiary/aromatic N) is 2. The molecule has 0 radical (unpaired) electrons. The summed E-state index contributed by atoms with van der Waals surface area (Å²) in [5.74, 6) is 0. The van der Waals surface area contributed by atoms with E-state index in [0.717, 1.165) is 21.5 Å². The van der Waals surface area contributed by atoms with E-state index < -0.39 is 0 Å². The van der Waals surface area contributed by atoms with Crippen LogP contribution in [0.25, 0.3) is 44.4 Å². The third kappa shape index (κ3) is 4.45. The number of hydrogen-bond donors (Lipinski definition) is 0. The fraction of sp³-hybridized carbons (Fsp3) is 0.0952. The van der Waals surface area contributed by atoms with Crippen LogP contribution in [0.1, 0.15) is 25.0 Å². The Balaban J connectivity index is 1.27. The lowest BCUT2D eigenvalue weighted by Crippen LogP contribution is -2.16. The van der Waals surface area contributed by atoms with Gasteiger partial charge < -0.3 is 9.47 Å². The number of rotatable bonds is 5. The van der Waals surface area contributed by atoms with Gasteiger partial charge in [0.05, 0.1) is 5.69 Å². The smallest absolute Gasteiger partial charge is 0.0568 e. The minimum absolute atomic E-state index is 0.0701. The summed E-state index contributed by atoms with van der Waals surface area (Å²) in [5.41, 5.74) is 14.9. The van der Waals surface area contributed by atoms with Gasteiger partial charge in [0.1, 0.15) is 0 Å². The van der Waals surface area contributed by atoms with Crippen molar-refractivity contribution in [2.75, 3.05) is 4.90 Å². The van der Waals surface area contributed by atoms with Crippen LogP contribution in [0, 0.1) is 0 Å². The molecule has 1 aromatic heterocycles. The number of anilines is 3. The van der Waals surface area contributed by atoms with Gasteiger partial charge >= 0.3 is 0 Å². The first-order valence-corrected chi connectivity index (χ1v) is 16.2. The molecular formula is C42H33BrN2. The second-order valence-electron chi connectivity index (χ2n) is 12.4. The lowest BCUT2D eigenvalue weighted by atomic mass is 9.82. The number of aryl methyl sites for hydroxylation is 1. The van der Waals surface area contributed by atoms with Crippen LogP contribution in [0.15, 0.2) is 150 Å². The Morgan fingerprint density at radius 3 is 1.91 bits per heavy atom. The number of hydrogen-bond acceptors (Lipinski definition) is 1. The lowest BCUT2D eigenvalue weighted by molar-refractivity contribution is 0.660. The minimum atomic E-state index is -0.0701. The summed E-state index contributed by atoms with van der Waals surface area (Å²) in [5, 5.41) is 1.26. The maximum absolute atomic E-state index is 3.64. The Kier molecular flexibility index (Phi) is 6.54. The molecule has 1 heterocycles. The highest BCUT2D eigenvalue weighted by Crippen LogP contribution is 2.51. The van der Waals surface area contributed by atoms with Gasteiger partial charge in [-0.25, -0.2) is 0 Å². The molecule has 6 aromatic carbocycles. The van der Waals surface area contributed by atoms with E-state index in [4.69, 9.17) is 0 Å². The molecule has 0 saturated carbocycles. The molecule has 0 fully saturated rings. The summed E-state index contributed by atoms with van der Waals surface area (Å²) in [4.78, 5) is 2.37. The highest BCUT2D eigenvalue weighted by Gasteiger charge is 2.35. The average Bonchev–Trinajstić information content (AvgIpc) is 3.50. The van der Waals surface area contributed by atoms with Crippen molar-refractivity contribution < 1.29 is 0 Å². The Morgan fingerprint density at radius 2 is 1.16 bits per heavy atom. The van der Waals surface area contributed by atoms with E-state index in [1.165, 1.54) is 55.5 Å². The van der Waals surface area contributed by atoms with Gasteiger partial charge in [0.25, 0.3) is 0 Å². The number of benzene rings is 6. The van der Waals surface area contributed by atoms with E-state index in [0.29, 0.717) is 0 Å². The predicted octanol–water partition coefficient (Wildman–Crippen LogP) is 12.1. The predicted molar refractivity (Wildman–Crippen MR) is 194 cm³/mol. The van der Waals surface area contributed by atoms with Crippen molar-refractivity contribution in [2.24, 2.45) is 7.05 Å². The Bertz CT molecular complexity index is 2190. The summed E-state index contributed by atoms with van der Waals surface area (Å²) in [6.07, 6.45) is 0. The lowest BCUT2D eigenvalue weighted by Gasteiger charge is -2.28. The van der Waals surface area contributed by atoms with Crippen LogP contribution in [-0.4, -0.2) is 4.57 Å². The standard InChI is InChI=1S/C42H33BrN2/c1-42(2)37-15-9-7-13-34(37)35-26-25-33(27-38(35)42)45(32-23-19-30(43)20-24-32)31-21-17-28(18-22-31)40-36-14-8-10-16-39(36)44(3)41(40)29-11-5-4-6-12-29/h4-27H,1-3H3. The average molecular weight is 646 g/mol. The van der Waals surface area contributed by atoms with E-state index >= 15 is 0 Å². The maximum atomic E-state index is 3.64. The first-order valence-electron chi connectivity index (χ1n) is 15.5. The Labute approximate surface area is 273 Å². The molecule has 1 aliphatic rings. The Hall–Kier alpha value is -4.86. The van der Waals surface area contributed by atoms with Crippen molar-refractivity contribution in [3.05, 3.63) is 161 Å². The van der Waals surface area contributed by atoms with E-state index in [9.17, 15) is 0 Å². The highest BCUT2D eigenvalue weighted by molar-refractivity contribution is 9.10. The maximum Gasteiger partial charge on any atom is 0.0568 e.